The fourth-order valence-electron chi connectivity index (χ4n) is 1.73. The minimum Gasteiger partial charge on any atom is -0.481 e. The van der Waals surface area contributed by atoms with Crippen LogP contribution in [0.1, 0.15) is 12.5 Å². The minimum atomic E-state index is -0.731. The molecule has 0 bridgehead atoms. The summed E-state index contributed by atoms with van der Waals surface area (Å²) in [4.78, 5) is 12.1. The number of hydrogen-bond acceptors (Lipinski definition) is 3. The number of ether oxygens (including phenoxy) is 1. The highest BCUT2D eigenvalue weighted by molar-refractivity contribution is 6.34. The lowest BCUT2D eigenvalue weighted by atomic mass is 10.2. The van der Waals surface area contributed by atoms with Gasteiger partial charge >= 0.3 is 0 Å². The zero-order valence-electron chi connectivity index (χ0n) is 11.6. The van der Waals surface area contributed by atoms with Gasteiger partial charge in [-0.2, -0.15) is 5.26 Å². The number of carbonyl (C=O) groups is 1. The topological polar surface area (TPSA) is 62.1 Å². The van der Waals surface area contributed by atoms with Gasteiger partial charge < -0.3 is 10.1 Å². The van der Waals surface area contributed by atoms with Gasteiger partial charge in [0.25, 0.3) is 5.91 Å². The first-order valence-electron chi connectivity index (χ1n) is 6.41. The summed E-state index contributed by atoms with van der Waals surface area (Å²) in [6.07, 6.45) is -0.731. The summed E-state index contributed by atoms with van der Waals surface area (Å²) in [5.74, 6) is 0.0979. The quantitative estimate of drug-likeness (QED) is 0.907. The first-order valence-corrected chi connectivity index (χ1v) is 7.17. The number of anilines is 1. The molecule has 4 nitrogen and oxygen atoms in total. The molecule has 0 radical (unpaired) electrons. The van der Waals surface area contributed by atoms with E-state index < -0.39 is 6.10 Å². The molecule has 0 aliphatic rings. The van der Waals surface area contributed by atoms with Gasteiger partial charge in [0.05, 0.1) is 11.6 Å². The Morgan fingerprint density at radius 2 is 1.77 bits per heavy atom. The maximum atomic E-state index is 12.1. The number of nitrogens with zero attached hydrogens (tertiary/aromatic N) is 1. The van der Waals surface area contributed by atoms with Crippen molar-refractivity contribution >= 4 is 34.8 Å². The van der Waals surface area contributed by atoms with Crippen LogP contribution in [0.2, 0.25) is 10.0 Å². The Labute approximate surface area is 138 Å². The predicted molar refractivity (Wildman–Crippen MR) is 86.3 cm³/mol. The molecule has 0 aromatic heterocycles. The number of nitrogens with one attached hydrogen (secondary N) is 1. The zero-order chi connectivity index (χ0) is 16.1. The molecule has 2 aromatic rings. The Balaban J connectivity index is 2.00. The van der Waals surface area contributed by atoms with Gasteiger partial charge in [-0.05, 0) is 49.4 Å². The van der Waals surface area contributed by atoms with Gasteiger partial charge in [-0.25, -0.2) is 0 Å². The number of nitriles is 1. The number of benzene rings is 2. The average molecular weight is 335 g/mol. The molecule has 0 saturated carbocycles. The number of carbonyl (C=O) groups excluding carboxylic acids is 1. The van der Waals surface area contributed by atoms with E-state index in [4.69, 9.17) is 33.2 Å². The van der Waals surface area contributed by atoms with E-state index in [1.54, 1.807) is 49.4 Å². The zero-order valence-corrected chi connectivity index (χ0v) is 13.2. The van der Waals surface area contributed by atoms with Crippen LogP contribution in [-0.2, 0) is 4.79 Å². The maximum Gasteiger partial charge on any atom is 0.265 e. The van der Waals surface area contributed by atoms with Crippen LogP contribution in [0.5, 0.6) is 5.75 Å². The van der Waals surface area contributed by atoms with Gasteiger partial charge in [0.2, 0.25) is 0 Å². The van der Waals surface area contributed by atoms with Crippen molar-refractivity contribution in [2.75, 3.05) is 5.32 Å². The van der Waals surface area contributed by atoms with E-state index in [1.165, 1.54) is 0 Å². The van der Waals surface area contributed by atoms with E-state index >= 15 is 0 Å². The van der Waals surface area contributed by atoms with Crippen LogP contribution in [0.3, 0.4) is 0 Å². The van der Waals surface area contributed by atoms with Crippen molar-refractivity contribution in [1.29, 1.82) is 5.26 Å². The van der Waals surface area contributed by atoms with Gasteiger partial charge in [-0.1, -0.05) is 23.2 Å². The molecule has 0 spiro atoms. The third kappa shape index (κ3) is 4.39. The molecule has 0 aliphatic carbocycles. The molecule has 1 amide bonds. The highest BCUT2D eigenvalue weighted by atomic mass is 35.5. The third-order valence-corrected chi connectivity index (χ3v) is 3.24. The summed E-state index contributed by atoms with van der Waals surface area (Å²) < 4.78 is 5.52. The van der Waals surface area contributed by atoms with Crippen LogP contribution in [0.25, 0.3) is 0 Å². The standard InChI is InChI=1S/C16H12Cl2N2O2/c1-10(22-15-7-12(17)6-13(18)8-15)16(21)20-14-4-2-11(9-19)3-5-14/h2-8,10H,1H3,(H,20,21)/t10-/m0/s1. The van der Waals surface area contributed by atoms with Gasteiger partial charge in [-0.3, -0.25) is 4.79 Å². The second kappa shape index (κ2) is 7.17. The number of hydrogen-bond donors (Lipinski definition) is 1. The molecule has 0 aliphatic heterocycles. The summed E-state index contributed by atoms with van der Waals surface area (Å²) in [6, 6.07) is 13.3. The number of halogens is 2. The highest BCUT2D eigenvalue weighted by Crippen LogP contribution is 2.25. The molecule has 22 heavy (non-hydrogen) atoms. The van der Waals surface area contributed by atoms with Crippen LogP contribution >= 0.6 is 23.2 Å². The highest BCUT2D eigenvalue weighted by Gasteiger charge is 2.15. The second-order valence-corrected chi connectivity index (χ2v) is 5.42. The first kappa shape index (κ1) is 16.2. The second-order valence-electron chi connectivity index (χ2n) is 4.54. The van der Waals surface area contributed by atoms with Crippen molar-refractivity contribution in [3.8, 4) is 11.8 Å². The van der Waals surface area contributed by atoms with Crippen molar-refractivity contribution in [3.05, 3.63) is 58.1 Å². The molecule has 0 saturated heterocycles. The van der Waals surface area contributed by atoms with Gasteiger partial charge in [0.1, 0.15) is 5.75 Å². The van der Waals surface area contributed by atoms with Crippen molar-refractivity contribution in [2.45, 2.75) is 13.0 Å². The average Bonchev–Trinajstić information content (AvgIpc) is 2.46. The maximum absolute atomic E-state index is 12.1. The lowest BCUT2D eigenvalue weighted by Gasteiger charge is -2.15. The summed E-state index contributed by atoms with van der Waals surface area (Å²) in [5, 5.41) is 12.3. The Kier molecular flexibility index (Phi) is 5.26. The summed E-state index contributed by atoms with van der Waals surface area (Å²) in [6.45, 7) is 1.62. The van der Waals surface area contributed by atoms with Gasteiger partial charge in [-0.15, -0.1) is 0 Å². The molecular formula is C16H12Cl2N2O2. The van der Waals surface area contributed by atoms with Crippen LogP contribution in [0, 0.1) is 11.3 Å². The van der Waals surface area contributed by atoms with Crippen molar-refractivity contribution < 1.29 is 9.53 Å². The molecule has 2 aromatic carbocycles. The Morgan fingerprint density at radius 3 is 2.32 bits per heavy atom. The van der Waals surface area contributed by atoms with Crippen LogP contribution < -0.4 is 10.1 Å². The molecule has 6 heteroatoms. The SMILES string of the molecule is C[C@H](Oc1cc(Cl)cc(Cl)c1)C(=O)Nc1ccc(C#N)cc1. The lowest BCUT2D eigenvalue weighted by Crippen LogP contribution is -2.30. The van der Waals surface area contributed by atoms with Crippen molar-refractivity contribution in [3.63, 3.8) is 0 Å². The van der Waals surface area contributed by atoms with E-state index in [2.05, 4.69) is 5.32 Å². The molecule has 0 heterocycles. The molecular weight excluding hydrogens is 323 g/mol. The van der Waals surface area contributed by atoms with Gasteiger partial charge in [0, 0.05) is 15.7 Å². The summed E-state index contributed by atoms with van der Waals surface area (Å²) in [7, 11) is 0. The molecule has 1 N–H and O–H groups in total. The lowest BCUT2D eigenvalue weighted by molar-refractivity contribution is -0.122. The Morgan fingerprint density at radius 1 is 1.18 bits per heavy atom. The first-order chi connectivity index (χ1) is 10.5. The van der Waals surface area contributed by atoms with E-state index in [0.29, 0.717) is 27.0 Å². The van der Waals surface area contributed by atoms with E-state index in [9.17, 15) is 4.79 Å². The Hall–Kier alpha value is -2.22. The summed E-state index contributed by atoms with van der Waals surface area (Å²) >= 11 is 11.8. The van der Waals surface area contributed by atoms with Crippen LogP contribution in [0.4, 0.5) is 5.69 Å². The van der Waals surface area contributed by atoms with Crippen molar-refractivity contribution in [1.82, 2.24) is 0 Å². The molecule has 1 atom stereocenters. The Bertz CT molecular complexity index is 704. The largest absolute Gasteiger partial charge is 0.481 e. The van der Waals surface area contributed by atoms with Crippen LogP contribution in [0.15, 0.2) is 42.5 Å². The van der Waals surface area contributed by atoms with Gasteiger partial charge in [0.15, 0.2) is 6.10 Å². The minimum absolute atomic E-state index is 0.319. The smallest absolute Gasteiger partial charge is 0.265 e. The van der Waals surface area contributed by atoms with Crippen LogP contribution in [-0.4, -0.2) is 12.0 Å². The van der Waals surface area contributed by atoms with Crippen molar-refractivity contribution in [2.24, 2.45) is 0 Å². The predicted octanol–water partition coefficient (Wildman–Crippen LogP) is 4.27. The fourth-order valence-corrected chi connectivity index (χ4v) is 2.23. The fraction of sp³-hybridized carbons (Fsp3) is 0.125. The molecule has 2 rings (SSSR count). The monoisotopic (exact) mass is 334 g/mol. The number of rotatable bonds is 4. The molecule has 112 valence electrons. The number of amides is 1. The van der Waals surface area contributed by atoms with E-state index in [1.807, 2.05) is 6.07 Å². The molecule has 0 unspecified atom stereocenters. The van der Waals surface area contributed by atoms with E-state index in [-0.39, 0.29) is 5.91 Å². The molecule has 0 fully saturated rings. The van der Waals surface area contributed by atoms with E-state index in [0.717, 1.165) is 0 Å². The third-order valence-electron chi connectivity index (χ3n) is 2.80. The summed E-state index contributed by atoms with van der Waals surface area (Å²) in [5.41, 5.74) is 1.11. The normalized spacial score (nSPS) is 11.4.